The third-order valence-corrected chi connectivity index (χ3v) is 2.93. The van der Waals surface area contributed by atoms with Crippen LogP contribution < -0.4 is 0 Å². The molecule has 3 heteroatoms. The van der Waals surface area contributed by atoms with Crippen molar-refractivity contribution in [3.8, 4) is 0 Å². The fraction of sp³-hybridized carbons (Fsp3) is 0.857. The van der Waals surface area contributed by atoms with Crippen LogP contribution in [0, 0.1) is 6.92 Å². The van der Waals surface area contributed by atoms with Gasteiger partial charge in [0.2, 0.25) is 0 Å². The lowest BCUT2D eigenvalue weighted by Crippen LogP contribution is -2.15. The lowest BCUT2D eigenvalue weighted by Gasteiger charge is -2.06. The normalized spacial score (nSPS) is 15.1. The smallest absolute Gasteiger partial charge is 0.150 e. The van der Waals surface area contributed by atoms with E-state index in [0.29, 0.717) is 6.42 Å². The molecule has 0 aromatic rings. The largest absolute Gasteiger partial charge is 0.229 e. The highest BCUT2D eigenvalue weighted by Gasteiger charge is 2.12. The quantitative estimate of drug-likeness (QED) is 0.628. The molecule has 1 atom stereocenters. The van der Waals surface area contributed by atoms with E-state index in [1.54, 1.807) is 0 Å². The van der Waals surface area contributed by atoms with Gasteiger partial charge >= 0.3 is 0 Å². The second-order valence-corrected chi connectivity index (χ2v) is 4.92. The van der Waals surface area contributed by atoms with Crippen LogP contribution in [-0.2, 0) is 9.84 Å². The van der Waals surface area contributed by atoms with Crippen LogP contribution in [-0.4, -0.2) is 19.9 Å². The highest BCUT2D eigenvalue weighted by atomic mass is 32.2. The van der Waals surface area contributed by atoms with Gasteiger partial charge in [0.05, 0.1) is 5.25 Å². The van der Waals surface area contributed by atoms with Crippen molar-refractivity contribution >= 4 is 9.84 Å². The van der Waals surface area contributed by atoms with E-state index >= 15 is 0 Å². The summed E-state index contributed by atoms with van der Waals surface area (Å²) in [6, 6.07) is 0. The summed E-state index contributed by atoms with van der Waals surface area (Å²) in [7, 11) is -2.89. The minimum absolute atomic E-state index is 0.410. The van der Waals surface area contributed by atoms with Crippen LogP contribution in [0.1, 0.15) is 26.2 Å². The zero-order valence-corrected chi connectivity index (χ0v) is 7.45. The third kappa shape index (κ3) is 3.88. The fourth-order valence-electron chi connectivity index (χ4n) is 0.646. The van der Waals surface area contributed by atoms with Gasteiger partial charge in [-0.05, 0) is 13.3 Å². The molecule has 0 heterocycles. The number of sulfone groups is 1. The number of hydrogen-bond donors (Lipinski definition) is 0. The zero-order chi connectivity index (χ0) is 8.20. The molecular formula is C7H15O2S. The van der Waals surface area contributed by atoms with Crippen molar-refractivity contribution in [3.63, 3.8) is 0 Å². The molecule has 0 saturated carbocycles. The van der Waals surface area contributed by atoms with E-state index in [1.165, 1.54) is 6.26 Å². The van der Waals surface area contributed by atoms with E-state index in [-0.39, 0.29) is 0 Å². The molecule has 0 aliphatic rings. The van der Waals surface area contributed by atoms with Gasteiger partial charge in [0.15, 0.2) is 0 Å². The number of unbranched alkanes of at least 4 members (excludes halogenated alkanes) is 1. The zero-order valence-electron chi connectivity index (χ0n) is 6.63. The molecule has 1 unspecified atom stereocenters. The van der Waals surface area contributed by atoms with E-state index in [0.717, 1.165) is 12.8 Å². The van der Waals surface area contributed by atoms with Crippen molar-refractivity contribution in [3.05, 3.63) is 6.92 Å². The summed E-state index contributed by atoms with van der Waals surface area (Å²) in [5.41, 5.74) is 0. The van der Waals surface area contributed by atoms with Crippen molar-refractivity contribution in [1.82, 2.24) is 0 Å². The van der Waals surface area contributed by atoms with Crippen molar-refractivity contribution < 1.29 is 8.42 Å². The molecule has 0 aromatic carbocycles. The highest BCUT2D eigenvalue weighted by Crippen LogP contribution is 2.06. The maximum absolute atomic E-state index is 10.8. The summed E-state index contributed by atoms with van der Waals surface area (Å²) >= 11 is 0. The Morgan fingerprint density at radius 3 is 2.30 bits per heavy atom. The first-order valence-electron chi connectivity index (χ1n) is 3.50. The summed E-state index contributed by atoms with van der Waals surface area (Å²) in [6.07, 6.45) is 3.90. The molecule has 0 N–H and O–H groups in total. The molecule has 0 aliphatic heterocycles. The van der Waals surface area contributed by atoms with E-state index in [4.69, 9.17) is 0 Å². The van der Waals surface area contributed by atoms with E-state index < -0.39 is 15.1 Å². The van der Waals surface area contributed by atoms with Crippen molar-refractivity contribution in [2.75, 3.05) is 6.26 Å². The van der Waals surface area contributed by atoms with E-state index in [1.807, 2.05) is 6.92 Å². The first kappa shape index (κ1) is 9.95. The Labute approximate surface area is 63.6 Å². The van der Waals surface area contributed by atoms with Crippen LogP contribution in [0.15, 0.2) is 0 Å². The maximum atomic E-state index is 10.8. The minimum Gasteiger partial charge on any atom is -0.229 e. The molecule has 2 nitrogen and oxygen atoms in total. The Morgan fingerprint density at radius 1 is 1.50 bits per heavy atom. The lowest BCUT2D eigenvalue weighted by molar-refractivity contribution is 0.585. The second-order valence-electron chi connectivity index (χ2n) is 2.59. The van der Waals surface area contributed by atoms with E-state index in [9.17, 15) is 8.42 Å². The molecule has 0 saturated heterocycles. The third-order valence-electron chi connectivity index (χ3n) is 1.49. The Balaban J connectivity index is 3.75. The molecule has 0 amide bonds. The molecule has 0 aromatic heterocycles. The Morgan fingerprint density at radius 2 is 2.00 bits per heavy atom. The Bertz CT molecular complexity index is 170. The number of hydrogen-bond acceptors (Lipinski definition) is 2. The lowest BCUT2D eigenvalue weighted by atomic mass is 10.2. The van der Waals surface area contributed by atoms with Gasteiger partial charge in [0.1, 0.15) is 9.84 Å². The second kappa shape index (κ2) is 3.96. The summed E-state index contributed by atoms with van der Waals surface area (Å²) in [4.78, 5) is 0. The molecule has 61 valence electrons. The van der Waals surface area contributed by atoms with Gasteiger partial charge in [-0.25, -0.2) is 8.42 Å². The van der Waals surface area contributed by atoms with Crippen LogP contribution in [0.2, 0.25) is 0 Å². The average Bonchev–Trinajstić information content (AvgIpc) is 1.80. The average molecular weight is 163 g/mol. The van der Waals surface area contributed by atoms with Crippen molar-refractivity contribution in [2.24, 2.45) is 0 Å². The monoisotopic (exact) mass is 163 g/mol. The van der Waals surface area contributed by atoms with Gasteiger partial charge in [-0.3, -0.25) is 0 Å². The SMILES string of the molecule is [CH2]C(CCCC)S(C)(=O)=O. The maximum Gasteiger partial charge on any atom is 0.150 e. The van der Waals surface area contributed by atoms with Crippen molar-refractivity contribution in [2.45, 2.75) is 31.4 Å². The van der Waals surface area contributed by atoms with Gasteiger partial charge in [-0.15, -0.1) is 0 Å². The first-order valence-corrected chi connectivity index (χ1v) is 5.46. The van der Waals surface area contributed by atoms with Gasteiger partial charge in [0, 0.05) is 6.26 Å². The van der Waals surface area contributed by atoms with Gasteiger partial charge in [-0.1, -0.05) is 19.8 Å². The van der Waals surface area contributed by atoms with Crippen molar-refractivity contribution in [1.29, 1.82) is 0 Å². The van der Waals surface area contributed by atoms with E-state index in [2.05, 4.69) is 6.92 Å². The molecule has 0 rings (SSSR count). The van der Waals surface area contributed by atoms with Gasteiger partial charge in [-0.2, -0.15) is 0 Å². The first-order chi connectivity index (χ1) is 4.48. The molecule has 0 aliphatic carbocycles. The van der Waals surface area contributed by atoms with Crippen LogP contribution in [0.4, 0.5) is 0 Å². The fourth-order valence-corrected chi connectivity index (χ4v) is 1.24. The van der Waals surface area contributed by atoms with Crippen LogP contribution in [0.25, 0.3) is 0 Å². The predicted molar refractivity (Wildman–Crippen MR) is 43.5 cm³/mol. The van der Waals surface area contributed by atoms with Gasteiger partial charge in [0.25, 0.3) is 0 Å². The van der Waals surface area contributed by atoms with Crippen LogP contribution in [0.3, 0.4) is 0 Å². The summed E-state index contributed by atoms with van der Waals surface area (Å²) < 4.78 is 21.5. The molecular weight excluding hydrogens is 148 g/mol. The Kier molecular flexibility index (Phi) is 3.94. The summed E-state index contributed by atoms with van der Waals surface area (Å²) in [5.74, 6) is 0. The van der Waals surface area contributed by atoms with Crippen LogP contribution >= 0.6 is 0 Å². The Hall–Kier alpha value is -0.0500. The molecule has 0 bridgehead atoms. The molecule has 0 spiro atoms. The summed E-state index contributed by atoms with van der Waals surface area (Å²) in [5, 5.41) is -0.410. The summed E-state index contributed by atoms with van der Waals surface area (Å²) in [6.45, 7) is 5.60. The predicted octanol–water partition coefficient (Wildman–Crippen LogP) is 1.42. The number of rotatable bonds is 4. The molecule has 0 fully saturated rings. The minimum atomic E-state index is -2.89. The van der Waals surface area contributed by atoms with Crippen LogP contribution in [0.5, 0.6) is 0 Å². The topological polar surface area (TPSA) is 34.1 Å². The molecule has 10 heavy (non-hydrogen) atoms. The highest BCUT2D eigenvalue weighted by molar-refractivity contribution is 7.91. The molecule has 1 radical (unpaired) electrons. The standard InChI is InChI=1S/C7H15O2S/c1-4-5-6-7(2)10(3,8)9/h7H,2,4-6H2,1,3H3. The van der Waals surface area contributed by atoms with Gasteiger partial charge < -0.3 is 0 Å².